The average Bonchev–Trinajstić information content (AvgIpc) is 2.97. The van der Waals surface area contributed by atoms with E-state index >= 15 is 0 Å². The van der Waals surface area contributed by atoms with Gasteiger partial charge in [0, 0.05) is 44.7 Å². The van der Waals surface area contributed by atoms with Crippen LogP contribution in [0.1, 0.15) is 39.3 Å². The molecule has 28 heavy (non-hydrogen) atoms. The number of hydrogen-bond donors (Lipinski definition) is 1. The summed E-state index contributed by atoms with van der Waals surface area (Å²) in [6, 6.07) is 5.21. The lowest BCUT2D eigenvalue weighted by molar-refractivity contribution is 0.00760. The molecule has 2 aromatic rings. The average molecular weight is 384 g/mol. The molecule has 148 valence electrons. The molecule has 2 aliphatic heterocycles. The fourth-order valence-electron chi connectivity index (χ4n) is 3.78. The third-order valence-corrected chi connectivity index (χ3v) is 5.76. The van der Waals surface area contributed by atoms with Crippen molar-refractivity contribution >= 4 is 11.8 Å². The molecule has 1 aromatic carbocycles. The van der Waals surface area contributed by atoms with Crippen LogP contribution in [-0.4, -0.2) is 58.8 Å². The number of hydrogen-bond acceptors (Lipinski definition) is 5. The van der Waals surface area contributed by atoms with Crippen LogP contribution in [-0.2, 0) is 7.05 Å². The Morgan fingerprint density at radius 2 is 2.07 bits per heavy atom. The SMILES string of the molecule is COc1ccc2c(c1)OC1(CCN(C(=O)c3cnn(C)c3C)CC1)CNC2=O. The van der Waals surface area contributed by atoms with Crippen molar-refractivity contribution < 1.29 is 19.1 Å². The van der Waals surface area contributed by atoms with Crippen LogP contribution < -0.4 is 14.8 Å². The van der Waals surface area contributed by atoms with E-state index in [1.165, 1.54) is 0 Å². The lowest BCUT2D eigenvalue weighted by Gasteiger charge is -2.41. The van der Waals surface area contributed by atoms with Crippen molar-refractivity contribution in [2.75, 3.05) is 26.7 Å². The maximum absolute atomic E-state index is 12.9. The Hall–Kier alpha value is -3.03. The molecule has 1 aromatic heterocycles. The molecule has 8 nitrogen and oxygen atoms in total. The molecule has 1 N–H and O–H groups in total. The third kappa shape index (κ3) is 3.08. The van der Waals surface area contributed by atoms with Crippen LogP contribution >= 0.6 is 0 Å². The minimum absolute atomic E-state index is 0.0137. The Bertz CT molecular complexity index is 928. The van der Waals surface area contributed by atoms with Crippen LogP contribution in [0.15, 0.2) is 24.4 Å². The highest BCUT2D eigenvalue weighted by molar-refractivity contribution is 5.97. The number of aromatic nitrogens is 2. The van der Waals surface area contributed by atoms with Crippen molar-refractivity contribution in [3.05, 3.63) is 41.2 Å². The summed E-state index contributed by atoms with van der Waals surface area (Å²) in [7, 11) is 3.41. The first-order valence-corrected chi connectivity index (χ1v) is 9.35. The zero-order chi connectivity index (χ0) is 19.9. The number of nitrogens with zero attached hydrogens (tertiary/aromatic N) is 3. The first-order valence-electron chi connectivity index (χ1n) is 9.35. The third-order valence-electron chi connectivity index (χ3n) is 5.76. The van der Waals surface area contributed by atoms with Gasteiger partial charge in [0.15, 0.2) is 0 Å². The molecule has 3 heterocycles. The summed E-state index contributed by atoms with van der Waals surface area (Å²) in [5.74, 6) is 1.000. The van der Waals surface area contributed by atoms with E-state index in [-0.39, 0.29) is 11.8 Å². The Balaban J connectivity index is 1.52. The van der Waals surface area contributed by atoms with Crippen LogP contribution in [0.5, 0.6) is 11.5 Å². The number of fused-ring (bicyclic) bond motifs is 1. The number of amides is 2. The molecule has 0 saturated carbocycles. The zero-order valence-electron chi connectivity index (χ0n) is 16.3. The molecule has 1 saturated heterocycles. The molecule has 0 atom stereocenters. The summed E-state index contributed by atoms with van der Waals surface area (Å²) in [4.78, 5) is 27.1. The molecule has 2 amide bonds. The van der Waals surface area contributed by atoms with E-state index in [2.05, 4.69) is 10.4 Å². The van der Waals surface area contributed by atoms with Crippen molar-refractivity contribution in [3.63, 3.8) is 0 Å². The van der Waals surface area contributed by atoms with E-state index in [4.69, 9.17) is 9.47 Å². The van der Waals surface area contributed by atoms with E-state index in [1.807, 2.05) is 18.9 Å². The Morgan fingerprint density at radius 3 is 2.71 bits per heavy atom. The van der Waals surface area contributed by atoms with E-state index in [1.54, 1.807) is 36.2 Å². The molecule has 1 spiro atoms. The zero-order valence-corrected chi connectivity index (χ0v) is 16.3. The monoisotopic (exact) mass is 384 g/mol. The number of ether oxygens (including phenoxy) is 2. The number of rotatable bonds is 2. The van der Waals surface area contributed by atoms with Crippen molar-refractivity contribution in [2.24, 2.45) is 7.05 Å². The number of nitrogens with one attached hydrogen (secondary N) is 1. The lowest BCUT2D eigenvalue weighted by atomic mass is 9.90. The number of carbonyl (C=O) groups excluding carboxylic acids is 2. The summed E-state index contributed by atoms with van der Waals surface area (Å²) < 4.78 is 13.3. The quantitative estimate of drug-likeness (QED) is 0.849. The first-order chi connectivity index (χ1) is 13.4. The van der Waals surface area contributed by atoms with Gasteiger partial charge in [-0.2, -0.15) is 5.10 Å². The molecule has 4 rings (SSSR count). The summed E-state index contributed by atoms with van der Waals surface area (Å²) >= 11 is 0. The van der Waals surface area contributed by atoms with Gasteiger partial charge in [-0.15, -0.1) is 0 Å². The highest BCUT2D eigenvalue weighted by Crippen LogP contribution is 2.35. The van der Waals surface area contributed by atoms with Crippen molar-refractivity contribution in [1.29, 1.82) is 0 Å². The number of likely N-dealkylation sites (tertiary alicyclic amines) is 1. The van der Waals surface area contributed by atoms with Gasteiger partial charge in [-0.3, -0.25) is 14.3 Å². The Morgan fingerprint density at radius 1 is 1.32 bits per heavy atom. The summed E-state index contributed by atoms with van der Waals surface area (Å²) in [6.45, 7) is 3.42. The number of piperidine rings is 1. The molecular formula is C20H24N4O4. The second-order valence-corrected chi connectivity index (χ2v) is 7.39. The lowest BCUT2D eigenvalue weighted by Crippen LogP contribution is -2.54. The number of aryl methyl sites for hydroxylation is 1. The molecule has 0 aliphatic carbocycles. The first kappa shape index (κ1) is 18.3. The maximum Gasteiger partial charge on any atom is 0.257 e. The van der Waals surface area contributed by atoms with Gasteiger partial charge in [-0.25, -0.2) is 0 Å². The summed E-state index contributed by atoms with van der Waals surface area (Å²) in [5.41, 5.74) is 1.45. The standard InChI is InChI=1S/C20H24N4O4/c1-13-16(11-22-23(13)2)19(26)24-8-6-20(7-9-24)12-21-18(25)15-5-4-14(27-3)10-17(15)28-20/h4-5,10-11H,6-9,12H2,1-3H3,(H,21,25). The molecule has 1 fully saturated rings. The van der Waals surface area contributed by atoms with Gasteiger partial charge in [0.2, 0.25) is 0 Å². The van der Waals surface area contributed by atoms with Crippen LogP contribution in [0.25, 0.3) is 0 Å². The Labute approximate surface area is 163 Å². The smallest absolute Gasteiger partial charge is 0.257 e. The van der Waals surface area contributed by atoms with E-state index in [9.17, 15) is 9.59 Å². The molecule has 2 aliphatic rings. The van der Waals surface area contributed by atoms with Crippen molar-refractivity contribution in [3.8, 4) is 11.5 Å². The van der Waals surface area contributed by atoms with Crippen molar-refractivity contribution in [1.82, 2.24) is 20.0 Å². The minimum Gasteiger partial charge on any atom is -0.497 e. The fourth-order valence-corrected chi connectivity index (χ4v) is 3.78. The maximum atomic E-state index is 12.9. The highest BCUT2D eigenvalue weighted by atomic mass is 16.5. The topological polar surface area (TPSA) is 85.7 Å². The largest absolute Gasteiger partial charge is 0.497 e. The van der Waals surface area contributed by atoms with Gasteiger partial charge in [0.1, 0.15) is 17.1 Å². The van der Waals surface area contributed by atoms with E-state index in [0.29, 0.717) is 55.1 Å². The normalized spacial score (nSPS) is 18.1. The second kappa shape index (κ2) is 6.85. The number of benzene rings is 1. The van der Waals surface area contributed by atoms with Gasteiger partial charge >= 0.3 is 0 Å². The van der Waals surface area contributed by atoms with Gasteiger partial charge in [0.05, 0.1) is 31.0 Å². The number of methoxy groups -OCH3 is 1. The van der Waals surface area contributed by atoms with Gasteiger partial charge in [-0.05, 0) is 19.1 Å². The van der Waals surface area contributed by atoms with Gasteiger partial charge in [-0.1, -0.05) is 0 Å². The molecule has 0 bridgehead atoms. The predicted molar refractivity (Wildman–Crippen MR) is 102 cm³/mol. The fraction of sp³-hybridized carbons (Fsp3) is 0.450. The summed E-state index contributed by atoms with van der Waals surface area (Å²) in [5, 5.41) is 7.13. The van der Waals surface area contributed by atoms with Crippen LogP contribution in [0.3, 0.4) is 0 Å². The van der Waals surface area contributed by atoms with Gasteiger partial charge < -0.3 is 19.7 Å². The Kier molecular flexibility index (Phi) is 4.49. The van der Waals surface area contributed by atoms with E-state index < -0.39 is 5.60 Å². The second-order valence-electron chi connectivity index (χ2n) is 7.39. The molecular weight excluding hydrogens is 360 g/mol. The molecule has 0 unspecified atom stereocenters. The predicted octanol–water partition coefficient (Wildman–Crippen LogP) is 1.53. The van der Waals surface area contributed by atoms with Crippen LogP contribution in [0.2, 0.25) is 0 Å². The van der Waals surface area contributed by atoms with Crippen LogP contribution in [0.4, 0.5) is 0 Å². The minimum atomic E-state index is -0.534. The van der Waals surface area contributed by atoms with Crippen molar-refractivity contribution in [2.45, 2.75) is 25.4 Å². The summed E-state index contributed by atoms with van der Waals surface area (Å²) in [6.07, 6.45) is 2.89. The molecule has 0 radical (unpaired) electrons. The van der Waals surface area contributed by atoms with E-state index in [0.717, 1.165) is 5.69 Å². The van der Waals surface area contributed by atoms with Gasteiger partial charge in [0.25, 0.3) is 11.8 Å². The molecule has 8 heteroatoms. The highest BCUT2D eigenvalue weighted by Gasteiger charge is 2.41. The number of carbonyl (C=O) groups is 2. The van der Waals surface area contributed by atoms with Crippen LogP contribution in [0, 0.1) is 6.92 Å².